The van der Waals surface area contributed by atoms with Crippen molar-refractivity contribution in [3.05, 3.63) is 46.0 Å². The molecular formula is C17H18NO3. The lowest BCUT2D eigenvalue weighted by Crippen LogP contribution is -2.41. The fourth-order valence-corrected chi connectivity index (χ4v) is 3.47. The summed E-state index contributed by atoms with van der Waals surface area (Å²) in [6, 6.07) is 3.47. The van der Waals surface area contributed by atoms with Crippen molar-refractivity contribution in [1.82, 2.24) is 5.06 Å². The largest absolute Gasteiger partial charge is 0.289 e. The number of hydroxylamine groups is 2. The van der Waals surface area contributed by atoms with Gasteiger partial charge >= 0.3 is 0 Å². The molecule has 0 fully saturated rings. The van der Waals surface area contributed by atoms with Crippen LogP contribution >= 0.6 is 0 Å². The maximum atomic E-state index is 12.6. The van der Waals surface area contributed by atoms with Crippen molar-refractivity contribution in [1.29, 1.82) is 0 Å². The first-order chi connectivity index (χ1) is 9.58. The molecule has 0 bridgehead atoms. The van der Waals surface area contributed by atoms with Gasteiger partial charge in [-0.15, -0.1) is 10.3 Å². The second kappa shape index (κ2) is 3.90. The van der Waals surface area contributed by atoms with Gasteiger partial charge in [0.05, 0.1) is 11.1 Å². The molecule has 0 saturated heterocycles. The number of allylic oxidation sites excluding steroid dienone is 2. The van der Waals surface area contributed by atoms with Gasteiger partial charge in [-0.25, -0.2) is 0 Å². The third-order valence-corrected chi connectivity index (χ3v) is 4.71. The van der Waals surface area contributed by atoms with Crippen LogP contribution in [0, 0.1) is 0 Å². The molecule has 0 aromatic heterocycles. The smallest absolute Gasteiger partial charge is 0.189 e. The molecule has 0 atom stereocenters. The Hall–Kier alpha value is -1.78. The molecule has 1 aromatic rings. The number of nitrogens with zero attached hydrogens (tertiary/aromatic N) is 1. The molecule has 0 spiro atoms. The van der Waals surface area contributed by atoms with Crippen molar-refractivity contribution in [2.24, 2.45) is 0 Å². The van der Waals surface area contributed by atoms with Crippen LogP contribution in [0.2, 0.25) is 0 Å². The quantitative estimate of drug-likeness (QED) is 0.735. The fraction of sp³-hybridized carbons (Fsp3) is 0.412. The van der Waals surface area contributed by atoms with E-state index in [1.807, 2.05) is 27.7 Å². The average Bonchev–Trinajstić information content (AvgIpc) is 2.54. The second-order valence-electron chi connectivity index (χ2n) is 6.88. The Kier molecular flexibility index (Phi) is 2.63. The summed E-state index contributed by atoms with van der Waals surface area (Å²) in [5.74, 6) is -0.298. The maximum absolute atomic E-state index is 12.6. The Morgan fingerprint density at radius 1 is 0.905 bits per heavy atom. The molecule has 1 heterocycles. The minimum absolute atomic E-state index is 0.134. The zero-order valence-corrected chi connectivity index (χ0v) is 12.9. The summed E-state index contributed by atoms with van der Waals surface area (Å²) >= 11 is 0. The molecule has 0 saturated carbocycles. The van der Waals surface area contributed by atoms with Crippen molar-refractivity contribution in [2.75, 3.05) is 0 Å². The summed E-state index contributed by atoms with van der Waals surface area (Å²) in [6.07, 6.45) is 1.37. The van der Waals surface area contributed by atoms with Crippen molar-refractivity contribution < 1.29 is 14.8 Å². The van der Waals surface area contributed by atoms with Gasteiger partial charge in [0.25, 0.3) is 0 Å². The van der Waals surface area contributed by atoms with E-state index in [1.165, 1.54) is 6.08 Å². The summed E-state index contributed by atoms with van der Waals surface area (Å²) in [5.41, 5.74) is 1.50. The predicted octanol–water partition coefficient (Wildman–Crippen LogP) is 3.14. The summed E-state index contributed by atoms with van der Waals surface area (Å²) in [5, 5.41) is 13.6. The van der Waals surface area contributed by atoms with Gasteiger partial charge in [0.2, 0.25) is 0 Å². The van der Waals surface area contributed by atoms with Crippen molar-refractivity contribution in [3.8, 4) is 0 Å². The van der Waals surface area contributed by atoms with Crippen LogP contribution in [0.3, 0.4) is 0 Å². The summed E-state index contributed by atoms with van der Waals surface area (Å²) in [7, 11) is 0. The highest BCUT2D eigenvalue weighted by atomic mass is 16.5. The monoisotopic (exact) mass is 284 g/mol. The highest BCUT2D eigenvalue weighted by Crippen LogP contribution is 2.49. The number of carbonyl (C=O) groups is 2. The number of carbonyl (C=O) groups excluding carboxylic acids is 2. The SMILES string of the molecule is CC1=CC(=O)c2cc3c(cc2C1=O)C(C)(C)N([O])C3(C)C. The molecule has 0 N–H and O–H groups in total. The molecule has 2 aliphatic rings. The predicted molar refractivity (Wildman–Crippen MR) is 77.4 cm³/mol. The first-order valence-electron chi connectivity index (χ1n) is 7.02. The lowest BCUT2D eigenvalue weighted by atomic mass is 9.82. The van der Waals surface area contributed by atoms with E-state index in [9.17, 15) is 14.8 Å². The van der Waals surface area contributed by atoms with E-state index in [1.54, 1.807) is 19.1 Å². The molecule has 1 aromatic carbocycles. The average molecular weight is 284 g/mol. The molecule has 0 amide bonds. The molecule has 1 aliphatic heterocycles. The van der Waals surface area contributed by atoms with Crippen molar-refractivity contribution >= 4 is 11.6 Å². The van der Waals surface area contributed by atoms with Crippen LogP contribution in [0.25, 0.3) is 0 Å². The third kappa shape index (κ3) is 1.63. The minimum atomic E-state index is -0.716. The lowest BCUT2D eigenvalue weighted by molar-refractivity contribution is -0.266. The summed E-state index contributed by atoms with van der Waals surface area (Å²) in [4.78, 5) is 24.5. The Morgan fingerprint density at radius 3 is 1.90 bits per heavy atom. The molecule has 109 valence electrons. The number of hydrogen-bond donors (Lipinski definition) is 0. The molecule has 4 heteroatoms. The summed E-state index contributed by atoms with van der Waals surface area (Å²) in [6.45, 7) is 9.02. The van der Waals surface area contributed by atoms with Crippen molar-refractivity contribution in [2.45, 2.75) is 45.7 Å². The van der Waals surface area contributed by atoms with Crippen molar-refractivity contribution in [3.63, 3.8) is 0 Å². The van der Waals surface area contributed by atoms with E-state index in [4.69, 9.17) is 0 Å². The number of rotatable bonds is 0. The Bertz CT molecular complexity index is 726. The first-order valence-corrected chi connectivity index (χ1v) is 7.02. The van der Waals surface area contributed by atoms with Gasteiger partial charge in [-0.1, -0.05) is 0 Å². The van der Waals surface area contributed by atoms with E-state index < -0.39 is 11.1 Å². The minimum Gasteiger partial charge on any atom is -0.289 e. The fourth-order valence-electron chi connectivity index (χ4n) is 3.47. The standard InChI is InChI=1S/C17H18NO3/c1-9-6-14(19)10-7-12-13(8-11(10)15(9)20)17(4,5)18(21)16(12,2)3/h6-8H,1-5H3. The van der Waals surface area contributed by atoms with E-state index >= 15 is 0 Å². The number of ketones is 2. The Balaban J connectivity index is 2.34. The van der Waals surface area contributed by atoms with Gasteiger partial charge < -0.3 is 0 Å². The number of Topliss-reactive ketones (excluding diaryl/α,β-unsaturated/α-hetero) is 1. The van der Waals surface area contributed by atoms with Gasteiger partial charge in [-0.05, 0) is 64.0 Å². The van der Waals surface area contributed by atoms with Crippen LogP contribution in [0.15, 0.2) is 23.8 Å². The van der Waals surface area contributed by atoms with E-state index in [0.717, 1.165) is 16.2 Å². The molecule has 0 unspecified atom stereocenters. The zero-order chi connectivity index (χ0) is 15.7. The van der Waals surface area contributed by atoms with E-state index in [2.05, 4.69) is 0 Å². The van der Waals surface area contributed by atoms with Crippen LogP contribution in [-0.4, -0.2) is 16.6 Å². The lowest BCUT2D eigenvalue weighted by Gasteiger charge is -2.32. The topological polar surface area (TPSA) is 57.3 Å². The molecular weight excluding hydrogens is 266 g/mol. The Morgan fingerprint density at radius 2 is 1.38 bits per heavy atom. The highest BCUT2D eigenvalue weighted by Gasteiger charge is 2.51. The summed E-state index contributed by atoms with van der Waals surface area (Å²) < 4.78 is 0. The highest BCUT2D eigenvalue weighted by molar-refractivity contribution is 6.24. The van der Waals surface area contributed by atoms with Gasteiger partial charge in [0, 0.05) is 16.7 Å². The van der Waals surface area contributed by atoms with Gasteiger partial charge in [-0.2, -0.15) is 0 Å². The van der Waals surface area contributed by atoms with Gasteiger partial charge in [0.1, 0.15) is 0 Å². The normalized spacial score (nSPS) is 22.9. The molecule has 1 radical (unpaired) electrons. The van der Waals surface area contributed by atoms with Crippen LogP contribution in [0.1, 0.15) is 66.5 Å². The first kappa shape index (κ1) is 14.2. The third-order valence-electron chi connectivity index (χ3n) is 4.71. The molecule has 21 heavy (non-hydrogen) atoms. The van der Waals surface area contributed by atoms with Gasteiger partial charge in [-0.3, -0.25) is 9.59 Å². The number of hydrogen-bond acceptors (Lipinski definition) is 3. The van der Waals surface area contributed by atoms with Gasteiger partial charge in [0.15, 0.2) is 11.6 Å². The van der Waals surface area contributed by atoms with Crippen LogP contribution in [-0.2, 0) is 16.3 Å². The Labute approximate surface area is 124 Å². The van der Waals surface area contributed by atoms with Crippen LogP contribution < -0.4 is 0 Å². The zero-order valence-electron chi connectivity index (χ0n) is 12.9. The van der Waals surface area contributed by atoms with E-state index in [0.29, 0.717) is 16.7 Å². The molecule has 1 aliphatic carbocycles. The number of benzene rings is 1. The molecule has 3 rings (SSSR count). The van der Waals surface area contributed by atoms with Crippen LogP contribution in [0.4, 0.5) is 0 Å². The maximum Gasteiger partial charge on any atom is 0.189 e. The second-order valence-corrected chi connectivity index (χ2v) is 6.88. The number of fused-ring (bicyclic) bond motifs is 2. The van der Waals surface area contributed by atoms with E-state index in [-0.39, 0.29) is 11.6 Å². The molecule has 4 nitrogen and oxygen atoms in total. The van der Waals surface area contributed by atoms with Crippen LogP contribution in [0.5, 0.6) is 0 Å².